The number of aromatic carboxylic acids is 1. The fourth-order valence-corrected chi connectivity index (χ4v) is 1.38. The average Bonchev–Trinajstić information content (AvgIpc) is 2.64. The van der Waals surface area contributed by atoms with Gasteiger partial charge in [0.25, 0.3) is 0 Å². The average molecular weight is 221 g/mol. The molecule has 82 valence electrons. The van der Waals surface area contributed by atoms with Crippen LogP contribution in [0.5, 0.6) is 0 Å². The van der Waals surface area contributed by atoms with Crippen LogP contribution in [0.4, 0.5) is 4.39 Å². The summed E-state index contributed by atoms with van der Waals surface area (Å²) >= 11 is 0. The maximum atomic E-state index is 12.9. The lowest BCUT2D eigenvalue weighted by atomic mass is 10.2. The topological polar surface area (TPSA) is 68.0 Å². The van der Waals surface area contributed by atoms with E-state index >= 15 is 0 Å². The fourth-order valence-electron chi connectivity index (χ4n) is 1.38. The van der Waals surface area contributed by atoms with Gasteiger partial charge in [0, 0.05) is 12.4 Å². The van der Waals surface area contributed by atoms with Crippen LogP contribution in [0.25, 0.3) is 5.82 Å². The number of aryl methyl sites for hydroxylation is 1. The lowest BCUT2D eigenvalue weighted by molar-refractivity contribution is 0.0696. The van der Waals surface area contributed by atoms with Crippen LogP contribution in [-0.2, 0) is 0 Å². The molecule has 5 nitrogen and oxygen atoms in total. The van der Waals surface area contributed by atoms with E-state index in [0.29, 0.717) is 5.82 Å². The van der Waals surface area contributed by atoms with E-state index < -0.39 is 11.8 Å². The minimum Gasteiger partial charge on any atom is -0.478 e. The first-order valence-corrected chi connectivity index (χ1v) is 4.49. The number of pyridine rings is 1. The van der Waals surface area contributed by atoms with Crippen LogP contribution >= 0.6 is 0 Å². The zero-order valence-corrected chi connectivity index (χ0v) is 8.38. The molecule has 0 radical (unpaired) electrons. The van der Waals surface area contributed by atoms with Crippen LogP contribution in [-0.4, -0.2) is 25.6 Å². The number of nitrogens with zero attached hydrogens (tertiary/aromatic N) is 3. The predicted octanol–water partition coefficient (Wildman–Crippen LogP) is 1.41. The summed E-state index contributed by atoms with van der Waals surface area (Å²) in [6, 6.07) is 0.935. The standard InChI is InChI=1S/C10H8FN3O2/c1-6-12-2-3-14(6)9-8(10(15)16)4-7(11)5-13-9/h2-5H,1H3,(H,15,16). The summed E-state index contributed by atoms with van der Waals surface area (Å²) in [5.74, 6) is -1.17. The first-order valence-electron chi connectivity index (χ1n) is 4.49. The zero-order valence-electron chi connectivity index (χ0n) is 8.38. The van der Waals surface area contributed by atoms with Crippen molar-refractivity contribution >= 4 is 5.97 Å². The quantitative estimate of drug-likeness (QED) is 0.832. The molecule has 0 atom stereocenters. The SMILES string of the molecule is Cc1nccn1-c1ncc(F)cc1C(=O)O. The van der Waals surface area contributed by atoms with Crippen molar-refractivity contribution in [3.05, 3.63) is 41.9 Å². The third kappa shape index (κ3) is 1.65. The number of rotatable bonds is 2. The molecule has 2 rings (SSSR count). The summed E-state index contributed by atoms with van der Waals surface area (Å²) < 4.78 is 14.4. The molecule has 6 heteroatoms. The minimum atomic E-state index is -1.23. The molecule has 0 spiro atoms. The van der Waals surface area contributed by atoms with E-state index in [0.717, 1.165) is 12.3 Å². The highest BCUT2D eigenvalue weighted by Crippen LogP contribution is 2.14. The fraction of sp³-hybridized carbons (Fsp3) is 0.100. The number of carboxylic acids is 1. The van der Waals surface area contributed by atoms with Crippen molar-refractivity contribution in [1.29, 1.82) is 0 Å². The molecule has 2 heterocycles. The molecule has 0 bridgehead atoms. The molecular weight excluding hydrogens is 213 g/mol. The molecular formula is C10H8FN3O2. The van der Waals surface area contributed by atoms with Gasteiger partial charge in [-0.1, -0.05) is 0 Å². The molecule has 2 aromatic heterocycles. The molecule has 0 aliphatic heterocycles. The second-order valence-corrected chi connectivity index (χ2v) is 3.17. The van der Waals surface area contributed by atoms with Crippen LogP contribution in [0, 0.1) is 12.7 Å². The van der Waals surface area contributed by atoms with E-state index in [1.165, 1.54) is 10.8 Å². The Hall–Kier alpha value is -2.24. The second-order valence-electron chi connectivity index (χ2n) is 3.17. The third-order valence-corrected chi connectivity index (χ3v) is 2.12. The van der Waals surface area contributed by atoms with Gasteiger partial charge in [-0.2, -0.15) is 0 Å². The predicted molar refractivity (Wildman–Crippen MR) is 53.0 cm³/mol. The minimum absolute atomic E-state index is 0.156. The lowest BCUT2D eigenvalue weighted by Crippen LogP contribution is -2.09. The highest BCUT2D eigenvalue weighted by Gasteiger charge is 2.15. The molecule has 0 saturated heterocycles. The molecule has 1 N–H and O–H groups in total. The lowest BCUT2D eigenvalue weighted by Gasteiger charge is -2.07. The molecule has 0 unspecified atom stereocenters. The van der Waals surface area contributed by atoms with Crippen molar-refractivity contribution in [3.8, 4) is 5.82 Å². The van der Waals surface area contributed by atoms with E-state index in [1.807, 2.05) is 0 Å². The summed E-state index contributed by atoms with van der Waals surface area (Å²) in [4.78, 5) is 18.7. The van der Waals surface area contributed by atoms with Gasteiger partial charge in [-0.3, -0.25) is 4.57 Å². The number of halogens is 1. The van der Waals surface area contributed by atoms with Crippen molar-refractivity contribution in [1.82, 2.24) is 14.5 Å². The second kappa shape index (κ2) is 3.73. The van der Waals surface area contributed by atoms with Crippen LogP contribution in [0.3, 0.4) is 0 Å². The van der Waals surface area contributed by atoms with Crippen molar-refractivity contribution in [2.75, 3.05) is 0 Å². The highest BCUT2D eigenvalue weighted by atomic mass is 19.1. The molecule has 0 aliphatic carbocycles. The molecule has 0 saturated carbocycles. The summed E-state index contributed by atoms with van der Waals surface area (Å²) in [6.45, 7) is 1.71. The van der Waals surface area contributed by atoms with Gasteiger partial charge < -0.3 is 5.11 Å². The molecule has 0 aromatic carbocycles. The maximum Gasteiger partial charge on any atom is 0.339 e. The third-order valence-electron chi connectivity index (χ3n) is 2.12. The summed E-state index contributed by atoms with van der Waals surface area (Å²) in [7, 11) is 0. The zero-order chi connectivity index (χ0) is 11.7. The van der Waals surface area contributed by atoms with Gasteiger partial charge in [-0.25, -0.2) is 19.2 Å². The van der Waals surface area contributed by atoms with Crippen LogP contribution < -0.4 is 0 Å². The Balaban J connectivity index is 2.65. The Morgan fingerprint density at radius 1 is 1.50 bits per heavy atom. The molecule has 0 fully saturated rings. The van der Waals surface area contributed by atoms with Crippen molar-refractivity contribution in [2.24, 2.45) is 0 Å². The number of carboxylic acid groups (broad SMARTS) is 1. The van der Waals surface area contributed by atoms with Crippen LogP contribution in [0.1, 0.15) is 16.2 Å². The van der Waals surface area contributed by atoms with E-state index in [9.17, 15) is 9.18 Å². The summed E-state index contributed by atoms with van der Waals surface area (Å²) in [5, 5.41) is 8.94. The van der Waals surface area contributed by atoms with Gasteiger partial charge in [0.15, 0.2) is 5.82 Å². The Labute approximate surface area is 90.2 Å². The first kappa shape index (κ1) is 10.3. The Morgan fingerprint density at radius 3 is 2.81 bits per heavy atom. The van der Waals surface area contributed by atoms with E-state index in [4.69, 9.17) is 5.11 Å². The number of aromatic nitrogens is 3. The largest absolute Gasteiger partial charge is 0.478 e. The molecule has 0 aliphatic rings. The Kier molecular flexibility index (Phi) is 2.40. The maximum absolute atomic E-state index is 12.9. The van der Waals surface area contributed by atoms with E-state index in [2.05, 4.69) is 9.97 Å². The highest BCUT2D eigenvalue weighted by molar-refractivity contribution is 5.91. The monoisotopic (exact) mass is 221 g/mol. The smallest absolute Gasteiger partial charge is 0.339 e. The van der Waals surface area contributed by atoms with E-state index in [-0.39, 0.29) is 11.4 Å². The Bertz CT molecular complexity index is 551. The van der Waals surface area contributed by atoms with Crippen molar-refractivity contribution in [3.63, 3.8) is 0 Å². The van der Waals surface area contributed by atoms with Crippen molar-refractivity contribution in [2.45, 2.75) is 6.92 Å². The molecule has 2 aromatic rings. The number of imidazole rings is 1. The van der Waals surface area contributed by atoms with Gasteiger partial charge in [0.2, 0.25) is 0 Å². The number of hydrogen-bond donors (Lipinski definition) is 1. The van der Waals surface area contributed by atoms with Gasteiger partial charge in [0.1, 0.15) is 17.2 Å². The van der Waals surface area contributed by atoms with Gasteiger partial charge in [-0.05, 0) is 13.0 Å². The van der Waals surface area contributed by atoms with Crippen LogP contribution in [0.2, 0.25) is 0 Å². The molecule has 16 heavy (non-hydrogen) atoms. The van der Waals surface area contributed by atoms with Crippen LogP contribution in [0.15, 0.2) is 24.7 Å². The van der Waals surface area contributed by atoms with Gasteiger partial charge in [0.05, 0.1) is 6.20 Å². The first-order chi connectivity index (χ1) is 7.59. The normalized spacial score (nSPS) is 10.4. The Morgan fingerprint density at radius 2 is 2.25 bits per heavy atom. The van der Waals surface area contributed by atoms with Gasteiger partial charge in [-0.15, -0.1) is 0 Å². The summed E-state index contributed by atoms with van der Waals surface area (Å²) in [5.41, 5.74) is -0.193. The molecule has 0 amide bonds. The van der Waals surface area contributed by atoms with Crippen molar-refractivity contribution < 1.29 is 14.3 Å². The number of carbonyl (C=O) groups is 1. The summed E-state index contributed by atoms with van der Waals surface area (Å²) in [6.07, 6.45) is 4.06. The number of hydrogen-bond acceptors (Lipinski definition) is 3. The van der Waals surface area contributed by atoms with E-state index in [1.54, 1.807) is 13.1 Å². The van der Waals surface area contributed by atoms with Gasteiger partial charge >= 0.3 is 5.97 Å².